The van der Waals surface area contributed by atoms with E-state index in [1.165, 1.54) is 0 Å². The summed E-state index contributed by atoms with van der Waals surface area (Å²) >= 11 is 0. The third-order valence-electron chi connectivity index (χ3n) is 3.11. The highest BCUT2D eigenvalue weighted by Gasteiger charge is 2.09. The second-order valence-corrected chi connectivity index (χ2v) is 4.79. The Morgan fingerprint density at radius 3 is 2.86 bits per heavy atom. The summed E-state index contributed by atoms with van der Waals surface area (Å²) in [5.74, 6) is 0.191. The summed E-state index contributed by atoms with van der Waals surface area (Å²) in [5.41, 5.74) is 1.80. The second kappa shape index (κ2) is 7.28. The summed E-state index contributed by atoms with van der Waals surface area (Å²) in [6.07, 6.45) is 2.42. The van der Waals surface area contributed by atoms with E-state index in [9.17, 15) is 9.90 Å². The van der Waals surface area contributed by atoms with Crippen LogP contribution in [0, 0.1) is 0 Å². The van der Waals surface area contributed by atoms with Gasteiger partial charge in [-0.15, -0.1) is 0 Å². The van der Waals surface area contributed by atoms with Gasteiger partial charge in [0.15, 0.2) is 0 Å². The largest absolute Gasteiger partial charge is 0.508 e. The van der Waals surface area contributed by atoms with E-state index >= 15 is 0 Å². The van der Waals surface area contributed by atoms with Crippen LogP contribution in [-0.4, -0.2) is 22.7 Å². The second-order valence-electron chi connectivity index (χ2n) is 4.79. The number of phenolic OH excluding ortho intramolecular Hbond substituents is 1. The lowest BCUT2D eigenvalue weighted by atomic mass is 10.1. The lowest BCUT2D eigenvalue weighted by Crippen LogP contribution is -2.38. The fourth-order valence-electron chi connectivity index (χ4n) is 1.98. The summed E-state index contributed by atoms with van der Waals surface area (Å²) in [5, 5.41) is 15.1. The Morgan fingerprint density at radius 2 is 2.14 bits per heavy atom. The molecule has 2 amide bonds. The normalized spacial score (nSPS) is 11.7. The zero-order valence-corrected chi connectivity index (χ0v) is 11.9. The number of hydrogen-bond acceptors (Lipinski definition) is 3. The Bertz CT molecular complexity index is 587. The van der Waals surface area contributed by atoms with Crippen LogP contribution in [0.4, 0.5) is 4.79 Å². The van der Waals surface area contributed by atoms with E-state index in [1.807, 2.05) is 31.2 Å². The van der Waals surface area contributed by atoms with Crippen LogP contribution in [0.25, 0.3) is 0 Å². The summed E-state index contributed by atoms with van der Waals surface area (Å²) in [4.78, 5) is 16.0. The first-order valence-corrected chi connectivity index (χ1v) is 6.88. The summed E-state index contributed by atoms with van der Waals surface area (Å²) in [6.45, 7) is 2.39. The van der Waals surface area contributed by atoms with Gasteiger partial charge in [0.25, 0.3) is 0 Å². The van der Waals surface area contributed by atoms with Gasteiger partial charge in [-0.2, -0.15) is 0 Å². The van der Waals surface area contributed by atoms with Gasteiger partial charge >= 0.3 is 6.03 Å². The van der Waals surface area contributed by atoms with Gasteiger partial charge in [-0.05, 0) is 36.8 Å². The molecule has 0 aliphatic carbocycles. The molecule has 0 fully saturated rings. The third kappa shape index (κ3) is 4.80. The molecule has 2 rings (SSSR count). The number of pyridine rings is 1. The molecule has 0 aliphatic rings. The Hall–Kier alpha value is -2.56. The number of nitrogens with one attached hydrogen (secondary N) is 2. The van der Waals surface area contributed by atoms with Crippen LogP contribution in [0.3, 0.4) is 0 Å². The molecule has 1 heterocycles. The molecule has 110 valence electrons. The standard InChI is InChI=1S/C16H19N3O2/c1-12(13-5-4-7-15(20)11-13)19-16(21)18-10-8-14-6-2-3-9-17-14/h2-7,9,11-12,20H,8,10H2,1H3,(H2,18,19,21)/t12-/m0/s1. The highest BCUT2D eigenvalue weighted by Crippen LogP contribution is 2.17. The molecule has 0 spiro atoms. The van der Waals surface area contributed by atoms with Crippen molar-refractivity contribution in [2.24, 2.45) is 0 Å². The highest BCUT2D eigenvalue weighted by molar-refractivity contribution is 5.74. The number of benzene rings is 1. The van der Waals surface area contributed by atoms with E-state index in [-0.39, 0.29) is 17.8 Å². The number of amides is 2. The molecular formula is C16H19N3O2. The van der Waals surface area contributed by atoms with Crippen molar-refractivity contribution in [1.82, 2.24) is 15.6 Å². The molecule has 3 N–H and O–H groups in total. The number of phenols is 1. The van der Waals surface area contributed by atoms with Crippen molar-refractivity contribution in [2.45, 2.75) is 19.4 Å². The maximum atomic E-state index is 11.8. The van der Waals surface area contributed by atoms with Crippen molar-refractivity contribution < 1.29 is 9.90 Å². The minimum absolute atomic E-state index is 0.174. The van der Waals surface area contributed by atoms with Crippen LogP contribution in [0.5, 0.6) is 5.75 Å². The lowest BCUT2D eigenvalue weighted by Gasteiger charge is -2.15. The molecule has 2 aromatic rings. The molecule has 1 aromatic heterocycles. The molecule has 0 aliphatic heterocycles. The van der Waals surface area contributed by atoms with Gasteiger partial charge in [-0.1, -0.05) is 18.2 Å². The molecule has 21 heavy (non-hydrogen) atoms. The SMILES string of the molecule is C[C@H](NC(=O)NCCc1ccccn1)c1cccc(O)c1. The number of rotatable bonds is 5. The fourth-order valence-corrected chi connectivity index (χ4v) is 1.98. The van der Waals surface area contributed by atoms with Gasteiger partial charge in [0.05, 0.1) is 6.04 Å². The summed E-state index contributed by atoms with van der Waals surface area (Å²) in [6, 6.07) is 12.2. The van der Waals surface area contributed by atoms with Crippen molar-refractivity contribution in [3.05, 3.63) is 59.9 Å². The maximum absolute atomic E-state index is 11.8. The van der Waals surface area contributed by atoms with E-state index < -0.39 is 0 Å². The Kier molecular flexibility index (Phi) is 5.15. The topological polar surface area (TPSA) is 74.2 Å². The van der Waals surface area contributed by atoms with Crippen molar-refractivity contribution in [1.29, 1.82) is 0 Å². The number of carbonyl (C=O) groups is 1. The average Bonchev–Trinajstić information content (AvgIpc) is 2.48. The predicted molar refractivity (Wildman–Crippen MR) is 81.0 cm³/mol. The number of carbonyl (C=O) groups excluding carboxylic acids is 1. The number of aromatic hydroxyl groups is 1. The molecule has 1 atom stereocenters. The first kappa shape index (κ1) is 14.8. The third-order valence-corrected chi connectivity index (χ3v) is 3.11. The first-order valence-electron chi connectivity index (χ1n) is 6.88. The van der Waals surface area contributed by atoms with Crippen LogP contribution in [-0.2, 0) is 6.42 Å². The van der Waals surface area contributed by atoms with E-state index in [4.69, 9.17) is 0 Å². The smallest absolute Gasteiger partial charge is 0.315 e. The number of hydrogen-bond donors (Lipinski definition) is 3. The molecule has 1 aromatic carbocycles. The number of aromatic nitrogens is 1. The monoisotopic (exact) mass is 285 g/mol. The molecule has 0 saturated heterocycles. The van der Waals surface area contributed by atoms with Gasteiger partial charge in [0, 0.05) is 24.9 Å². The molecule has 0 unspecified atom stereocenters. The molecule has 5 nitrogen and oxygen atoms in total. The predicted octanol–water partition coefficient (Wildman–Crippen LogP) is 2.39. The molecule has 5 heteroatoms. The highest BCUT2D eigenvalue weighted by atomic mass is 16.3. The van der Waals surface area contributed by atoms with Crippen molar-refractivity contribution in [3.63, 3.8) is 0 Å². The van der Waals surface area contributed by atoms with Crippen LogP contribution in [0.15, 0.2) is 48.7 Å². The van der Waals surface area contributed by atoms with E-state index in [0.29, 0.717) is 13.0 Å². The Balaban J connectivity index is 1.76. The zero-order valence-electron chi connectivity index (χ0n) is 11.9. The summed E-state index contributed by atoms with van der Waals surface area (Å²) < 4.78 is 0. The van der Waals surface area contributed by atoms with Gasteiger partial charge in [-0.3, -0.25) is 4.98 Å². The van der Waals surface area contributed by atoms with E-state index in [2.05, 4.69) is 15.6 Å². The minimum atomic E-state index is -0.234. The molecule has 0 saturated carbocycles. The zero-order chi connectivity index (χ0) is 15.1. The number of urea groups is 1. The quantitative estimate of drug-likeness (QED) is 0.789. The van der Waals surface area contributed by atoms with E-state index in [1.54, 1.807) is 24.4 Å². The van der Waals surface area contributed by atoms with Gasteiger partial charge < -0.3 is 15.7 Å². The van der Waals surface area contributed by atoms with Crippen molar-refractivity contribution in [2.75, 3.05) is 6.54 Å². The van der Waals surface area contributed by atoms with Gasteiger partial charge in [0.2, 0.25) is 0 Å². The maximum Gasteiger partial charge on any atom is 0.315 e. The van der Waals surface area contributed by atoms with Crippen LogP contribution < -0.4 is 10.6 Å². The average molecular weight is 285 g/mol. The number of nitrogens with zero attached hydrogens (tertiary/aromatic N) is 1. The Morgan fingerprint density at radius 1 is 1.29 bits per heavy atom. The molecular weight excluding hydrogens is 266 g/mol. The fraction of sp³-hybridized carbons (Fsp3) is 0.250. The molecule has 0 radical (unpaired) electrons. The van der Waals surface area contributed by atoms with E-state index in [0.717, 1.165) is 11.3 Å². The van der Waals surface area contributed by atoms with Crippen LogP contribution >= 0.6 is 0 Å². The first-order chi connectivity index (χ1) is 10.1. The molecule has 0 bridgehead atoms. The lowest BCUT2D eigenvalue weighted by molar-refractivity contribution is 0.238. The van der Waals surface area contributed by atoms with Gasteiger partial charge in [0.1, 0.15) is 5.75 Å². The Labute approximate surface area is 124 Å². The van der Waals surface area contributed by atoms with Gasteiger partial charge in [-0.25, -0.2) is 4.79 Å². The van der Waals surface area contributed by atoms with Crippen LogP contribution in [0.1, 0.15) is 24.2 Å². The minimum Gasteiger partial charge on any atom is -0.508 e. The van der Waals surface area contributed by atoms with Crippen molar-refractivity contribution >= 4 is 6.03 Å². The summed E-state index contributed by atoms with van der Waals surface area (Å²) in [7, 11) is 0. The van der Waals surface area contributed by atoms with Crippen molar-refractivity contribution in [3.8, 4) is 5.75 Å². The van der Waals surface area contributed by atoms with Crippen LogP contribution in [0.2, 0.25) is 0 Å².